The van der Waals surface area contributed by atoms with Crippen LogP contribution in [0.4, 0.5) is 0 Å². The van der Waals surface area contributed by atoms with Crippen LogP contribution in [0.3, 0.4) is 0 Å². The van der Waals surface area contributed by atoms with E-state index in [0.717, 1.165) is 38.4 Å². The molecule has 120 valence electrons. The van der Waals surface area contributed by atoms with Gasteiger partial charge in [0.1, 0.15) is 0 Å². The summed E-state index contributed by atoms with van der Waals surface area (Å²) in [6, 6.07) is 0.509. The van der Waals surface area contributed by atoms with E-state index < -0.39 is 0 Å². The summed E-state index contributed by atoms with van der Waals surface area (Å²) in [5.41, 5.74) is 2.41. The third-order valence-electron chi connectivity index (χ3n) is 4.22. The molecule has 0 spiro atoms. The summed E-state index contributed by atoms with van der Waals surface area (Å²) >= 11 is 3.72. The highest BCUT2D eigenvalue weighted by molar-refractivity contribution is 9.10. The van der Waals surface area contributed by atoms with E-state index in [1.165, 1.54) is 29.4 Å². The zero-order valence-electron chi connectivity index (χ0n) is 13.5. The minimum Gasteiger partial charge on any atom is -0.381 e. The Hall–Kier alpha value is -0.390. The molecular weight excluding hydrogens is 330 g/mol. The molecule has 1 N–H and O–H groups in total. The maximum Gasteiger partial charge on any atom is 0.0738 e. The molecule has 1 aromatic rings. The van der Waals surface area contributed by atoms with Crippen LogP contribution in [0.2, 0.25) is 0 Å². The fraction of sp³-hybridized carbons (Fsp3) is 0.812. The number of nitrogens with one attached hydrogen (secondary N) is 1. The van der Waals surface area contributed by atoms with Crippen molar-refractivity contribution in [3.05, 3.63) is 15.9 Å². The molecule has 0 amide bonds. The third kappa shape index (κ3) is 4.54. The fourth-order valence-corrected chi connectivity index (χ4v) is 3.50. The van der Waals surface area contributed by atoms with Gasteiger partial charge in [0.25, 0.3) is 0 Å². The molecule has 5 heteroatoms. The lowest BCUT2D eigenvalue weighted by atomic mass is 9.96. The van der Waals surface area contributed by atoms with Crippen molar-refractivity contribution in [2.24, 2.45) is 5.92 Å². The van der Waals surface area contributed by atoms with Crippen molar-refractivity contribution in [1.29, 1.82) is 0 Å². The van der Waals surface area contributed by atoms with Gasteiger partial charge in [0, 0.05) is 32.2 Å². The molecule has 0 bridgehead atoms. The van der Waals surface area contributed by atoms with Gasteiger partial charge in [-0.25, -0.2) is 0 Å². The Morgan fingerprint density at radius 1 is 1.48 bits per heavy atom. The Morgan fingerprint density at radius 3 is 2.90 bits per heavy atom. The number of aryl methyl sites for hydroxylation is 2. The Morgan fingerprint density at radius 2 is 2.29 bits per heavy atom. The molecule has 1 aliphatic heterocycles. The fourth-order valence-electron chi connectivity index (χ4n) is 3.06. The molecule has 2 rings (SSSR count). The molecule has 1 aliphatic rings. The van der Waals surface area contributed by atoms with Crippen molar-refractivity contribution < 1.29 is 4.74 Å². The van der Waals surface area contributed by atoms with Gasteiger partial charge in [-0.1, -0.05) is 6.92 Å². The summed E-state index contributed by atoms with van der Waals surface area (Å²) in [7, 11) is 0. The van der Waals surface area contributed by atoms with Gasteiger partial charge < -0.3 is 10.1 Å². The van der Waals surface area contributed by atoms with Gasteiger partial charge in [0.2, 0.25) is 0 Å². The van der Waals surface area contributed by atoms with E-state index >= 15 is 0 Å². The average Bonchev–Trinajstić information content (AvgIpc) is 3.08. The Labute approximate surface area is 136 Å². The molecule has 0 saturated carbocycles. The molecule has 2 atom stereocenters. The van der Waals surface area contributed by atoms with E-state index in [1.54, 1.807) is 0 Å². The number of hydrogen-bond donors (Lipinski definition) is 1. The number of halogens is 1. The van der Waals surface area contributed by atoms with Crippen molar-refractivity contribution in [1.82, 2.24) is 15.1 Å². The second-order valence-corrected chi connectivity index (χ2v) is 6.78. The monoisotopic (exact) mass is 357 g/mol. The van der Waals surface area contributed by atoms with Gasteiger partial charge in [0.05, 0.1) is 15.9 Å². The molecule has 2 unspecified atom stereocenters. The molecule has 4 nitrogen and oxygen atoms in total. The molecule has 2 heterocycles. The normalized spacial score (nSPS) is 20.1. The first-order chi connectivity index (χ1) is 10.2. The van der Waals surface area contributed by atoms with E-state index in [1.807, 2.05) is 0 Å². The van der Waals surface area contributed by atoms with Crippen LogP contribution in [0.5, 0.6) is 0 Å². The first-order valence-corrected chi connectivity index (χ1v) is 8.97. The second kappa shape index (κ2) is 8.30. The zero-order chi connectivity index (χ0) is 15.2. The lowest BCUT2D eigenvalue weighted by Gasteiger charge is -2.22. The predicted molar refractivity (Wildman–Crippen MR) is 89.7 cm³/mol. The predicted octanol–water partition coefficient (Wildman–Crippen LogP) is 3.31. The number of nitrogens with zero attached hydrogens (tertiary/aromatic N) is 2. The number of hydrogen-bond acceptors (Lipinski definition) is 3. The molecule has 0 aromatic carbocycles. The number of ether oxygens (including phenoxy) is 1. The average molecular weight is 358 g/mol. The summed E-state index contributed by atoms with van der Waals surface area (Å²) in [5, 5.41) is 8.33. The zero-order valence-corrected chi connectivity index (χ0v) is 15.1. The quantitative estimate of drug-likeness (QED) is 0.775. The minimum atomic E-state index is 0.509. The first kappa shape index (κ1) is 17.0. The van der Waals surface area contributed by atoms with E-state index in [4.69, 9.17) is 4.74 Å². The van der Waals surface area contributed by atoms with Gasteiger partial charge in [-0.15, -0.1) is 0 Å². The van der Waals surface area contributed by atoms with Gasteiger partial charge in [-0.2, -0.15) is 5.10 Å². The highest BCUT2D eigenvalue weighted by Crippen LogP contribution is 2.25. The van der Waals surface area contributed by atoms with Crippen molar-refractivity contribution in [2.45, 2.75) is 59.0 Å². The first-order valence-electron chi connectivity index (χ1n) is 8.18. The molecule has 1 fully saturated rings. The Kier molecular flexibility index (Phi) is 6.71. The minimum absolute atomic E-state index is 0.509. The maximum atomic E-state index is 5.53. The lowest BCUT2D eigenvalue weighted by Crippen LogP contribution is -2.34. The van der Waals surface area contributed by atoms with Crippen LogP contribution in [0.25, 0.3) is 0 Å². The van der Waals surface area contributed by atoms with E-state index in [9.17, 15) is 0 Å². The van der Waals surface area contributed by atoms with E-state index in [0.29, 0.717) is 12.0 Å². The van der Waals surface area contributed by atoms with Crippen LogP contribution in [-0.2, 0) is 17.7 Å². The van der Waals surface area contributed by atoms with Crippen LogP contribution >= 0.6 is 15.9 Å². The Bertz CT molecular complexity index is 441. The number of rotatable bonds is 8. The van der Waals surface area contributed by atoms with Gasteiger partial charge in [-0.05, 0) is 61.5 Å². The van der Waals surface area contributed by atoms with Crippen molar-refractivity contribution in [2.75, 3.05) is 19.8 Å². The van der Waals surface area contributed by atoms with Gasteiger partial charge >= 0.3 is 0 Å². The third-order valence-corrected chi connectivity index (χ3v) is 5.25. The molecule has 1 aromatic heterocycles. The highest BCUT2D eigenvalue weighted by Gasteiger charge is 2.23. The SMILES string of the molecule is CCCNC(Cc1c(Br)c(C)nn1CC)CC1CCOC1. The van der Waals surface area contributed by atoms with Crippen LogP contribution in [-0.4, -0.2) is 35.6 Å². The topological polar surface area (TPSA) is 39.1 Å². The molecule has 0 radical (unpaired) electrons. The summed E-state index contributed by atoms with van der Waals surface area (Å²) in [5.74, 6) is 0.706. The van der Waals surface area contributed by atoms with Crippen LogP contribution < -0.4 is 5.32 Å². The maximum absolute atomic E-state index is 5.53. The molecule has 21 heavy (non-hydrogen) atoms. The van der Waals surface area contributed by atoms with E-state index in [-0.39, 0.29) is 0 Å². The van der Waals surface area contributed by atoms with Crippen LogP contribution in [0, 0.1) is 12.8 Å². The lowest BCUT2D eigenvalue weighted by molar-refractivity contribution is 0.181. The summed E-state index contributed by atoms with van der Waals surface area (Å²) in [4.78, 5) is 0. The molecule has 1 saturated heterocycles. The highest BCUT2D eigenvalue weighted by atomic mass is 79.9. The van der Waals surface area contributed by atoms with Crippen molar-refractivity contribution >= 4 is 15.9 Å². The van der Waals surface area contributed by atoms with Crippen molar-refractivity contribution in [3.63, 3.8) is 0 Å². The summed E-state index contributed by atoms with van der Waals surface area (Å²) in [6.45, 7) is 10.3. The van der Waals surface area contributed by atoms with Crippen molar-refractivity contribution in [3.8, 4) is 0 Å². The van der Waals surface area contributed by atoms with Gasteiger partial charge in [-0.3, -0.25) is 4.68 Å². The van der Waals surface area contributed by atoms with Crippen LogP contribution in [0.1, 0.15) is 44.5 Å². The van der Waals surface area contributed by atoms with Gasteiger partial charge in [0.15, 0.2) is 0 Å². The second-order valence-electron chi connectivity index (χ2n) is 5.98. The smallest absolute Gasteiger partial charge is 0.0738 e. The summed E-state index contributed by atoms with van der Waals surface area (Å²) < 4.78 is 8.84. The standard InChI is InChI=1S/C16H28BrN3O/c1-4-7-18-14(9-13-6-8-21-11-13)10-15-16(17)12(3)19-20(15)5-2/h13-14,18H,4-11H2,1-3H3. The summed E-state index contributed by atoms with van der Waals surface area (Å²) in [6.07, 6.45) is 4.61. The molecular formula is C16H28BrN3O. The van der Waals surface area contributed by atoms with E-state index in [2.05, 4.69) is 51.8 Å². The Balaban J connectivity index is 2.06. The largest absolute Gasteiger partial charge is 0.381 e. The van der Waals surface area contributed by atoms with Crippen LogP contribution in [0.15, 0.2) is 4.47 Å². The molecule has 0 aliphatic carbocycles. The number of aromatic nitrogens is 2.